The Kier molecular flexibility index (Phi) is 4.63. The Morgan fingerprint density at radius 1 is 0.962 bits per heavy atom. The van der Waals surface area contributed by atoms with Crippen LogP contribution in [0, 0.1) is 0 Å². The quantitative estimate of drug-likeness (QED) is 0.468. The van der Waals surface area contributed by atoms with E-state index in [1.807, 2.05) is 66.7 Å². The number of hydrogen-bond donors (Lipinski definition) is 1. The Labute approximate surface area is 159 Å². The van der Waals surface area contributed by atoms with Gasteiger partial charge in [-0.15, -0.1) is 0 Å². The van der Waals surface area contributed by atoms with Crippen molar-refractivity contribution in [1.82, 2.24) is 9.97 Å². The first kappa shape index (κ1) is 16.7. The number of aromatic nitrogens is 2. The molecule has 0 saturated heterocycles. The van der Waals surface area contributed by atoms with Gasteiger partial charge in [-0.2, -0.15) is 0 Å². The molecule has 0 fully saturated rings. The van der Waals surface area contributed by atoms with Crippen LogP contribution in [-0.4, -0.2) is 17.1 Å². The molecule has 4 nitrogen and oxygen atoms in total. The first-order valence-electron chi connectivity index (χ1n) is 8.24. The Balaban J connectivity index is 1.65. The van der Waals surface area contributed by atoms with E-state index in [0.717, 1.165) is 44.0 Å². The zero-order chi connectivity index (χ0) is 17.9. The van der Waals surface area contributed by atoms with E-state index < -0.39 is 0 Å². The molecule has 26 heavy (non-hydrogen) atoms. The fourth-order valence-corrected chi connectivity index (χ4v) is 3.24. The van der Waals surface area contributed by atoms with E-state index in [2.05, 4.69) is 25.9 Å². The van der Waals surface area contributed by atoms with Crippen molar-refractivity contribution in [2.24, 2.45) is 0 Å². The lowest BCUT2D eigenvalue weighted by Crippen LogP contribution is -2.00. The summed E-state index contributed by atoms with van der Waals surface area (Å²) < 4.78 is 12.4. The molecule has 4 rings (SSSR count). The minimum Gasteiger partial charge on any atom is -0.496 e. The maximum absolute atomic E-state index is 5.96. The number of methoxy groups -OCH3 is 1. The Bertz CT molecular complexity index is 1030. The van der Waals surface area contributed by atoms with Gasteiger partial charge in [-0.1, -0.05) is 24.3 Å². The van der Waals surface area contributed by atoms with E-state index in [-0.39, 0.29) is 0 Å². The molecular weight excluding hydrogens is 392 g/mol. The summed E-state index contributed by atoms with van der Waals surface area (Å²) in [6, 6.07) is 21.8. The largest absolute Gasteiger partial charge is 0.496 e. The molecular formula is C21H17BrN2O2. The van der Waals surface area contributed by atoms with Crippen LogP contribution in [0.1, 0.15) is 5.56 Å². The molecule has 0 aliphatic carbocycles. The van der Waals surface area contributed by atoms with Gasteiger partial charge in [0, 0.05) is 11.1 Å². The van der Waals surface area contributed by atoms with E-state index in [1.54, 1.807) is 7.11 Å². The predicted molar refractivity (Wildman–Crippen MR) is 107 cm³/mol. The van der Waals surface area contributed by atoms with Crippen LogP contribution < -0.4 is 9.47 Å². The predicted octanol–water partition coefficient (Wildman–Crippen LogP) is 5.58. The fraction of sp³-hybridized carbons (Fsp3) is 0.0952. The maximum Gasteiger partial charge on any atom is 0.138 e. The van der Waals surface area contributed by atoms with Gasteiger partial charge in [0.15, 0.2) is 0 Å². The van der Waals surface area contributed by atoms with Crippen molar-refractivity contribution in [3.63, 3.8) is 0 Å². The van der Waals surface area contributed by atoms with Gasteiger partial charge in [-0.05, 0) is 58.4 Å². The van der Waals surface area contributed by atoms with Crippen molar-refractivity contribution in [2.75, 3.05) is 7.11 Å². The Morgan fingerprint density at radius 3 is 2.58 bits per heavy atom. The van der Waals surface area contributed by atoms with E-state index in [0.29, 0.717) is 6.61 Å². The topological polar surface area (TPSA) is 47.1 Å². The number of aromatic amines is 1. The number of imidazole rings is 1. The second-order valence-electron chi connectivity index (χ2n) is 5.85. The number of rotatable bonds is 5. The lowest BCUT2D eigenvalue weighted by Gasteiger charge is -2.12. The average molecular weight is 409 g/mol. The van der Waals surface area contributed by atoms with Crippen LogP contribution in [0.5, 0.6) is 11.5 Å². The summed E-state index contributed by atoms with van der Waals surface area (Å²) in [6.07, 6.45) is 0. The molecule has 1 aromatic heterocycles. The van der Waals surface area contributed by atoms with Crippen molar-refractivity contribution < 1.29 is 9.47 Å². The lowest BCUT2D eigenvalue weighted by molar-refractivity contribution is 0.295. The number of nitrogens with zero attached hydrogens (tertiary/aromatic N) is 1. The molecule has 0 saturated carbocycles. The van der Waals surface area contributed by atoms with Gasteiger partial charge in [-0.3, -0.25) is 0 Å². The minimum absolute atomic E-state index is 0.403. The summed E-state index contributed by atoms with van der Waals surface area (Å²) in [7, 11) is 1.66. The summed E-state index contributed by atoms with van der Waals surface area (Å²) in [5, 5.41) is 0. The first-order chi connectivity index (χ1) is 12.7. The van der Waals surface area contributed by atoms with E-state index in [9.17, 15) is 0 Å². The van der Waals surface area contributed by atoms with Crippen molar-refractivity contribution in [2.45, 2.75) is 6.61 Å². The number of ether oxygens (including phenoxy) is 2. The van der Waals surface area contributed by atoms with Gasteiger partial charge in [0.25, 0.3) is 0 Å². The molecule has 0 unspecified atom stereocenters. The molecule has 1 heterocycles. The van der Waals surface area contributed by atoms with Crippen LogP contribution in [0.25, 0.3) is 22.4 Å². The van der Waals surface area contributed by atoms with Gasteiger partial charge >= 0.3 is 0 Å². The molecule has 0 spiro atoms. The highest BCUT2D eigenvalue weighted by Gasteiger charge is 2.11. The summed E-state index contributed by atoms with van der Waals surface area (Å²) in [5.74, 6) is 2.41. The number of hydrogen-bond acceptors (Lipinski definition) is 3. The first-order valence-corrected chi connectivity index (χ1v) is 9.03. The highest BCUT2D eigenvalue weighted by atomic mass is 79.9. The van der Waals surface area contributed by atoms with Gasteiger partial charge in [0.2, 0.25) is 0 Å². The number of fused-ring (bicyclic) bond motifs is 1. The smallest absolute Gasteiger partial charge is 0.138 e. The number of H-pyrrole nitrogens is 1. The molecule has 5 heteroatoms. The molecule has 1 N–H and O–H groups in total. The Hall–Kier alpha value is -2.79. The Morgan fingerprint density at radius 2 is 1.77 bits per heavy atom. The highest BCUT2D eigenvalue weighted by molar-refractivity contribution is 9.10. The third-order valence-corrected chi connectivity index (χ3v) is 4.82. The number of benzene rings is 3. The van der Waals surface area contributed by atoms with Crippen molar-refractivity contribution in [3.8, 4) is 22.9 Å². The molecule has 0 amide bonds. The van der Waals surface area contributed by atoms with E-state index in [1.165, 1.54) is 0 Å². The van der Waals surface area contributed by atoms with Crippen molar-refractivity contribution in [3.05, 3.63) is 76.8 Å². The van der Waals surface area contributed by atoms with Crippen LogP contribution in [0.15, 0.2) is 71.2 Å². The van der Waals surface area contributed by atoms with Crippen LogP contribution in [0.2, 0.25) is 0 Å². The monoisotopic (exact) mass is 408 g/mol. The van der Waals surface area contributed by atoms with Gasteiger partial charge in [0.05, 0.1) is 22.6 Å². The van der Waals surface area contributed by atoms with Gasteiger partial charge in [0.1, 0.15) is 23.9 Å². The molecule has 0 atom stereocenters. The second-order valence-corrected chi connectivity index (χ2v) is 6.70. The maximum atomic E-state index is 5.96. The number of halogens is 1. The van der Waals surface area contributed by atoms with Crippen LogP contribution in [0.4, 0.5) is 0 Å². The summed E-state index contributed by atoms with van der Waals surface area (Å²) >= 11 is 3.50. The molecule has 4 aromatic rings. The fourth-order valence-electron chi connectivity index (χ4n) is 2.85. The minimum atomic E-state index is 0.403. The van der Waals surface area contributed by atoms with Crippen molar-refractivity contribution >= 4 is 27.0 Å². The average Bonchev–Trinajstić information content (AvgIpc) is 3.11. The van der Waals surface area contributed by atoms with Crippen LogP contribution in [-0.2, 0) is 6.61 Å². The number of nitrogens with one attached hydrogen (secondary N) is 1. The second kappa shape index (κ2) is 7.22. The zero-order valence-electron chi connectivity index (χ0n) is 14.2. The molecule has 130 valence electrons. The SMILES string of the molecule is COc1ccc(-c2nc3ccccc3[nH]2)cc1COc1ccccc1Br. The van der Waals surface area contributed by atoms with Crippen LogP contribution >= 0.6 is 15.9 Å². The third-order valence-electron chi connectivity index (χ3n) is 4.16. The third kappa shape index (κ3) is 3.30. The molecule has 3 aromatic carbocycles. The van der Waals surface area contributed by atoms with Gasteiger partial charge < -0.3 is 14.5 Å². The molecule has 0 bridgehead atoms. The molecule has 0 radical (unpaired) electrons. The molecule has 0 aliphatic rings. The molecule has 0 aliphatic heterocycles. The highest BCUT2D eigenvalue weighted by Crippen LogP contribution is 2.29. The zero-order valence-corrected chi connectivity index (χ0v) is 15.8. The summed E-state index contributed by atoms with van der Waals surface area (Å²) in [6.45, 7) is 0.403. The van der Waals surface area contributed by atoms with E-state index in [4.69, 9.17) is 9.47 Å². The van der Waals surface area contributed by atoms with E-state index >= 15 is 0 Å². The van der Waals surface area contributed by atoms with Crippen LogP contribution in [0.3, 0.4) is 0 Å². The standard InChI is InChI=1S/C21H17BrN2O2/c1-25-19-11-10-14(21-23-17-7-3-4-8-18(17)24-21)12-15(19)13-26-20-9-5-2-6-16(20)22/h2-12H,13H2,1H3,(H,23,24). The van der Waals surface area contributed by atoms with Gasteiger partial charge in [-0.25, -0.2) is 4.98 Å². The normalized spacial score (nSPS) is 10.8. The lowest BCUT2D eigenvalue weighted by atomic mass is 10.1. The summed E-state index contributed by atoms with van der Waals surface area (Å²) in [4.78, 5) is 8.03. The van der Waals surface area contributed by atoms with Crippen molar-refractivity contribution in [1.29, 1.82) is 0 Å². The number of para-hydroxylation sites is 3. The summed E-state index contributed by atoms with van der Waals surface area (Å²) in [5.41, 5.74) is 3.92.